The van der Waals surface area contributed by atoms with Gasteiger partial charge in [0, 0.05) is 44.4 Å². The second kappa shape index (κ2) is 9.45. The van der Waals surface area contributed by atoms with Gasteiger partial charge in [0.05, 0.1) is 7.11 Å². The van der Waals surface area contributed by atoms with Gasteiger partial charge in [-0.1, -0.05) is 12.1 Å². The van der Waals surface area contributed by atoms with Gasteiger partial charge in [-0.2, -0.15) is 11.3 Å². The van der Waals surface area contributed by atoms with Crippen molar-refractivity contribution in [1.82, 2.24) is 9.47 Å². The molecule has 0 atom stereocenters. The summed E-state index contributed by atoms with van der Waals surface area (Å²) in [6.07, 6.45) is 0.525. The predicted molar refractivity (Wildman–Crippen MR) is 116 cm³/mol. The van der Waals surface area contributed by atoms with Crippen LogP contribution in [0, 0.1) is 5.82 Å². The Morgan fingerprint density at radius 3 is 2.65 bits per heavy atom. The summed E-state index contributed by atoms with van der Waals surface area (Å²) in [5.41, 5.74) is 2.66. The van der Waals surface area contributed by atoms with Crippen LogP contribution in [0.4, 0.5) is 4.39 Å². The second-order valence-electron chi connectivity index (χ2n) is 7.38. The van der Waals surface area contributed by atoms with Crippen molar-refractivity contribution < 1.29 is 18.7 Å². The molecule has 31 heavy (non-hydrogen) atoms. The number of halogens is 1. The molecule has 6 nitrogen and oxygen atoms in total. The average molecular weight is 443 g/mol. The molecule has 0 bridgehead atoms. The largest absolute Gasteiger partial charge is 0.488 e. The molecule has 1 aliphatic heterocycles. The van der Waals surface area contributed by atoms with Gasteiger partial charge in [0.1, 0.15) is 23.7 Å². The highest BCUT2D eigenvalue weighted by Crippen LogP contribution is 2.25. The van der Waals surface area contributed by atoms with Gasteiger partial charge < -0.3 is 14.0 Å². The van der Waals surface area contributed by atoms with Crippen LogP contribution in [0.25, 0.3) is 0 Å². The number of carbonyl (C=O) groups is 1. The molecule has 4 rings (SSSR count). The molecule has 162 valence electrons. The van der Waals surface area contributed by atoms with Gasteiger partial charge in [-0.25, -0.2) is 9.18 Å². The van der Waals surface area contributed by atoms with Crippen molar-refractivity contribution in [2.45, 2.75) is 26.1 Å². The maximum absolute atomic E-state index is 13.1. The smallest absolute Gasteiger partial charge is 0.343 e. The van der Waals surface area contributed by atoms with Gasteiger partial charge in [-0.05, 0) is 40.1 Å². The molecule has 0 unspecified atom stereocenters. The zero-order chi connectivity index (χ0) is 21.8. The van der Waals surface area contributed by atoms with Crippen LogP contribution in [0.1, 0.15) is 27.2 Å². The third-order valence-electron chi connectivity index (χ3n) is 5.37. The Balaban J connectivity index is 1.61. The SMILES string of the molecule is COC(=O)c1c(OCc2ccc(F)cc2)cc(=O)n2c1CCN(Cc1ccsc1)CC2. The van der Waals surface area contributed by atoms with E-state index in [4.69, 9.17) is 9.47 Å². The van der Waals surface area contributed by atoms with E-state index in [1.54, 1.807) is 28.0 Å². The maximum Gasteiger partial charge on any atom is 0.343 e. The Bertz CT molecular complexity index is 1110. The quantitative estimate of drug-likeness (QED) is 0.547. The molecular formula is C23H23FN2O4S. The number of hydrogen-bond donors (Lipinski definition) is 0. The number of methoxy groups -OCH3 is 1. The fourth-order valence-electron chi connectivity index (χ4n) is 3.77. The molecule has 0 saturated carbocycles. The molecule has 1 aromatic carbocycles. The van der Waals surface area contributed by atoms with Crippen molar-refractivity contribution in [1.29, 1.82) is 0 Å². The van der Waals surface area contributed by atoms with Gasteiger partial charge in [0.25, 0.3) is 5.56 Å². The Labute approximate surface area is 183 Å². The second-order valence-corrected chi connectivity index (χ2v) is 8.16. The number of aromatic nitrogens is 1. The fraction of sp³-hybridized carbons (Fsp3) is 0.304. The van der Waals surface area contributed by atoms with Gasteiger partial charge in [0.15, 0.2) is 0 Å². The third-order valence-corrected chi connectivity index (χ3v) is 6.10. The molecule has 2 aromatic heterocycles. The lowest BCUT2D eigenvalue weighted by Gasteiger charge is -2.18. The molecule has 0 fully saturated rings. The molecular weight excluding hydrogens is 419 g/mol. The summed E-state index contributed by atoms with van der Waals surface area (Å²) in [5, 5.41) is 4.16. The Morgan fingerprint density at radius 1 is 1.13 bits per heavy atom. The maximum atomic E-state index is 13.1. The van der Waals surface area contributed by atoms with Crippen LogP contribution in [0.5, 0.6) is 5.75 Å². The van der Waals surface area contributed by atoms with Crippen molar-refractivity contribution in [3.63, 3.8) is 0 Å². The number of nitrogens with zero attached hydrogens (tertiary/aromatic N) is 2. The first kappa shape index (κ1) is 21.3. The number of benzene rings is 1. The molecule has 8 heteroatoms. The Morgan fingerprint density at radius 2 is 1.94 bits per heavy atom. The first-order valence-electron chi connectivity index (χ1n) is 10.0. The van der Waals surface area contributed by atoms with Crippen LogP contribution < -0.4 is 10.3 Å². The van der Waals surface area contributed by atoms with E-state index in [0.717, 1.165) is 12.1 Å². The lowest BCUT2D eigenvalue weighted by molar-refractivity contribution is 0.0592. The number of esters is 1. The van der Waals surface area contributed by atoms with Crippen molar-refractivity contribution in [3.05, 3.63) is 85.7 Å². The van der Waals surface area contributed by atoms with E-state index in [0.29, 0.717) is 31.7 Å². The van der Waals surface area contributed by atoms with Gasteiger partial charge in [-0.15, -0.1) is 0 Å². The van der Waals surface area contributed by atoms with Crippen LogP contribution in [0.2, 0.25) is 0 Å². The van der Waals surface area contributed by atoms with Crippen LogP contribution in [0.15, 0.2) is 52.0 Å². The highest BCUT2D eigenvalue weighted by molar-refractivity contribution is 7.07. The van der Waals surface area contributed by atoms with Crippen LogP contribution in [-0.2, 0) is 30.9 Å². The molecule has 1 aliphatic rings. The fourth-order valence-corrected chi connectivity index (χ4v) is 4.43. The molecule has 0 spiro atoms. The summed E-state index contributed by atoms with van der Waals surface area (Å²) < 4.78 is 25.6. The van der Waals surface area contributed by atoms with E-state index in [-0.39, 0.29) is 29.3 Å². The van der Waals surface area contributed by atoms with Crippen LogP contribution in [-0.4, -0.2) is 35.6 Å². The van der Waals surface area contributed by atoms with Crippen molar-refractivity contribution in [3.8, 4) is 5.75 Å². The van der Waals surface area contributed by atoms with Crippen molar-refractivity contribution in [2.75, 3.05) is 20.2 Å². The molecule has 3 aromatic rings. The number of hydrogen-bond acceptors (Lipinski definition) is 6. The normalized spacial score (nSPS) is 14.0. The first-order valence-corrected chi connectivity index (χ1v) is 10.9. The first-order chi connectivity index (χ1) is 15.0. The van der Waals surface area contributed by atoms with Crippen LogP contribution in [0.3, 0.4) is 0 Å². The molecule has 0 amide bonds. The number of pyridine rings is 1. The molecule has 0 radical (unpaired) electrons. The minimum Gasteiger partial charge on any atom is -0.488 e. The number of thiophene rings is 1. The van der Waals surface area contributed by atoms with Crippen molar-refractivity contribution in [2.24, 2.45) is 0 Å². The van der Waals surface area contributed by atoms with Gasteiger partial charge >= 0.3 is 5.97 Å². The minimum atomic E-state index is -0.538. The number of rotatable bonds is 6. The zero-order valence-electron chi connectivity index (χ0n) is 17.2. The molecule has 0 N–H and O–H groups in total. The number of fused-ring (bicyclic) bond motifs is 1. The zero-order valence-corrected chi connectivity index (χ0v) is 18.0. The van der Waals surface area contributed by atoms with Gasteiger partial charge in [0.2, 0.25) is 0 Å². The summed E-state index contributed by atoms with van der Waals surface area (Å²) in [6.45, 7) is 2.81. The van der Waals surface area contributed by atoms with E-state index >= 15 is 0 Å². The minimum absolute atomic E-state index is 0.109. The third kappa shape index (κ3) is 4.86. The standard InChI is InChI=1S/C23H23FN2O4S/c1-29-23(28)22-19-6-8-25(13-17-7-11-31-15-17)9-10-26(19)21(27)12-20(22)30-14-16-2-4-18(24)5-3-16/h2-5,7,11-12,15H,6,8-10,13-14H2,1H3. The lowest BCUT2D eigenvalue weighted by Crippen LogP contribution is -2.29. The van der Waals surface area contributed by atoms with E-state index in [2.05, 4.69) is 16.3 Å². The molecule has 3 heterocycles. The highest BCUT2D eigenvalue weighted by atomic mass is 32.1. The van der Waals surface area contributed by atoms with E-state index < -0.39 is 5.97 Å². The topological polar surface area (TPSA) is 60.8 Å². The lowest BCUT2D eigenvalue weighted by atomic mass is 10.1. The summed E-state index contributed by atoms with van der Waals surface area (Å²) >= 11 is 1.66. The summed E-state index contributed by atoms with van der Waals surface area (Å²) in [5.74, 6) is -0.683. The van der Waals surface area contributed by atoms with E-state index in [9.17, 15) is 14.0 Å². The Hall–Kier alpha value is -2.97. The average Bonchev–Trinajstić information content (AvgIpc) is 3.19. The summed E-state index contributed by atoms with van der Waals surface area (Å²) in [7, 11) is 1.31. The van der Waals surface area contributed by atoms with E-state index in [1.165, 1.54) is 30.9 Å². The number of carbonyl (C=O) groups excluding carboxylic acids is 1. The highest BCUT2D eigenvalue weighted by Gasteiger charge is 2.26. The predicted octanol–water partition coefficient (Wildman–Crippen LogP) is 3.47. The van der Waals surface area contributed by atoms with Crippen LogP contribution >= 0.6 is 11.3 Å². The Kier molecular flexibility index (Phi) is 6.48. The van der Waals surface area contributed by atoms with Gasteiger partial charge in [-0.3, -0.25) is 9.69 Å². The molecule has 0 saturated heterocycles. The summed E-state index contributed by atoms with van der Waals surface area (Å²) in [4.78, 5) is 27.8. The summed E-state index contributed by atoms with van der Waals surface area (Å²) in [6, 6.07) is 9.32. The van der Waals surface area contributed by atoms with Crippen molar-refractivity contribution >= 4 is 17.3 Å². The monoisotopic (exact) mass is 442 g/mol. The van der Waals surface area contributed by atoms with E-state index in [1.807, 2.05) is 5.38 Å². The number of ether oxygens (including phenoxy) is 2. The molecule has 0 aliphatic carbocycles.